The maximum absolute atomic E-state index is 12.0. The van der Waals surface area contributed by atoms with E-state index in [0.717, 1.165) is 24.9 Å². The first-order valence-electron chi connectivity index (χ1n) is 7.65. The highest BCUT2D eigenvalue weighted by molar-refractivity contribution is 5.78. The number of aliphatic hydroxyl groups excluding tert-OH is 1. The van der Waals surface area contributed by atoms with Crippen LogP contribution < -0.4 is 5.32 Å². The van der Waals surface area contributed by atoms with Gasteiger partial charge in [0.25, 0.3) is 0 Å². The van der Waals surface area contributed by atoms with Gasteiger partial charge in [-0.15, -0.1) is 0 Å². The quantitative estimate of drug-likeness (QED) is 0.755. The van der Waals surface area contributed by atoms with E-state index in [1.807, 2.05) is 30.3 Å². The number of carbonyl (C=O) groups is 1. The first-order chi connectivity index (χ1) is 10.2. The van der Waals surface area contributed by atoms with Crippen molar-refractivity contribution in [2.75, 3.05) is 26.8 Å². The van der Waals surface area contributed by atoms with Gasteiger partial charge in [-0.2, -0.15) is 0 Å². The predicted octanol–water partition coefficient (Wildman–Crippen LogP) is 2.09. The number of hydrogen-bond donors (Lipinski definition) is 2. The summed E-state index contributed by atoms with van der Waals surface area (Å²) in [5, 5.41) is 13.0. The summed E-state index contributed by atoms with van der Waals surface area (Å²) in [6.07, 6.45) is 4.48. The molecule has 0 amide bonds. The van der Waals surface area contributed by atoms with Gasteiger partial charge in [0.2, 0.25) is 0 Å². The van der Waals surface area contributed by atoms with Crippen molar-refractivity contribution in [3.05, 3.63) is 35.9 Å². The smallest absolute Gasteiger partial charge is 0.314 e. The van der Waals surface area contributed by atoms with Gasteiger partial charge in [-0.3, -0.25) is 4.79 Å². The molecule has 1 unspecified atom stereocenters. The summed E-state index contributed by atoms with van der Waals surface area (Å²) in [4.78, 5) is 12.0. The molecule has 1 atom stereocenters. The molecule has 1 aliphatic rings. The highest BCUT2D eigenvalue weighted by Crippen LogP contribution is 2.37. The van der Waals surface area contributed by atoms with E-state index in [9.17, 15) is 9.90 Å². The van der Waals surface area contributed by atoms with E-state index in [1.165, 1.54) is 20.0 Å². The maximum Gasteiger partial charge on any atom is 0.314 e. The second kappa shape index (κ2) is 7.57. The third-order valence-corrected chi connectivity index (χ3v) is 4.54. The van der Waals surface area contributed by atoms with Crippen LogP contribution in [0.25, 0.3) is 0 Å². The average Bonchev–Trinajstić information content (AvgIpc) is 3.01. The SMILES string of the molecule is COC(=O)C(CNCC1(CO)CCCC1)c1ccccc1. The molecule has 21 heavy (non-hydrogen) atoms. The topological polar surface area (TPSA) is 58.6 Å². The molecule has 0 saturated heterocycles. The largest absolute Gasteiger partial charge is 0.469 e. The third kappa shape index (κ3) is 4.05. The fourth-order valence-electron chi connectivity index (χ4n) is 3.16. The summed E-state index contributed by atoms with van der Waals surface area (Å²) in [6, 6.07) is 9.68. The number of nitrogens with one attached hydrogen (secondary N) is 1. The fraction of sp³-hybridized carbons (Fsp3) is 0.588. The molecule has 0 aliphatic heterocycles. The Balaban J connectivity index is 1.95. The highest BCUT2D eigenvalue weighted by Gasteiger charge is 2.33. The summed E-state index contributed by atoms with van der Waals surface area (Å²) in [5.74, 6) is -0.522. The third-order valence-electron chi connectivity index (χ3n) is 4.54. The molecule has 0 bridgehead atoms. The number of carbonyl (C=O) groups excluding carboxylic acids is 1. The van der Waals surface area contributed by atoms with Crippen LogP contribution in [0.4, 0.5) is 0 Å². The Bertz CT molecular complexity index is 441. The molecule has 4 heteroatoms. The number of esters is 1. The second-order valence-electron chi connectivity index (χ2n) is 5.98. The highest BCUT2D eigenvalue weighted by atomic mass is 16.5. The van der Waals surface area contributed by atoms with Gasteiger partial charge in [0.15, 0.2) is 0 Å². The molecular weight excluding hydrogens is 266 g/mol. The number of ether oxygens (including phenoxy) is 1. The van der Waals surface area contributed by atoms with Crippen LogP contribution in [0.15, 0.2) is 30.3 Å². The molecule has 1 aromatic carbocycles. The van der Waals surface area contributed by atoms with Crippen LogP contribution in [0, 0.1) is 5.41 Å². The maximum atomic E-state index is 12.0. The first-order valence-corrected chi connectivity index (χ1v) is 7.65. The summed E-state index contributed by atoms with van der Waals surface area (Å²) < 4.78 is 4.91. The minimum Gasteiger partial charge on any atom is -0.469 e. The average molecular weight is 291 g/mol. The van der Waals surface area contributed by atoms with Crippen LogP contribution in [0.5, 0.6) is 0 Å². The van der Waals surface area contributed by atoms with Gasteiger partial charge >= 0.3 is 5.97 Å². The molecule has 2 N–H and O–H groups in total. The molecule has 1 aromatic rings. The summed E-state index contributed by atoms with van der Waals surface area (Å²) in [6.45, 7) is 1.51. The zero-order valence-electron chi connectivity index (χ0n) is 12.7. The van der Waals surface area contributed by atoms with Gasteiger partial charge in [0.1, 0.15) is 0 Å². The Morgan fingerprint density at radius 2 is 2.00 bits per heavy atom. The number of hydrogen-bond acceptors (Lipinski definition) is 4. The molecule has 116 valence electrons. The van der Waals surface area contributed by atoms with Gasteiger partial charge in [0.05, 0.1) is 13.0 Å². The van der Waals surface area contributed by atoms with Crippen LogP contribution in [0.2, 0.25) is 0 Å². The van der Waals surface area contributed by atoms with Crippen molar-refractivity contribution >= 4 is 5.97 Å². The lowest BCUT2D eigenvalue weighted by Crippen LogP contribution is -2.38. The number of rotatable bonds is 7. The molecule has 0 radical (unpaired) electrons. The van der Waals surface area contributed by atoms with Gasteiger partial charge in [-0.1, -0.05) is 43.2 Å². The summed E-state index contributed by atoms with van der Waals surface area (Å²) in [7, 11) is 1.42. The molecule has 1 saturated carbocycles. The Hall–Kier alpha value is -1.39. The van der Waals surface area contributed by atoms with Crippen LogP contribution in [0.3, 0.4) is 0 Å². The van der Waals surface area contributed by atoms with E-state index in [4.69, 9.17) is 4.74 Å². The van der Waals surface area contributed by atoms with Gasteiger partial charge in [-0.05, 0) is 18.4 Å². The van der Waals surface area contributed by atoms with Gasteiger partial charge in [0, 0.05) is 25.1 Å². The number of methoxy groups -OCH3 is 1. The van der Waals surface area contributed by atoms with E-state index in [-0.39, 0.29) is 23.9 Å². The number of aliphatic hydroxyl groups is 1. The minimum absolute atomic E-state index is 0.00262. The lowest BCUT2D eigenvalue weighted by molar-refractivity contribution is -0.142. The van der Waals surface area contributed by atoms with Crippen molar-refractivity contribution in [3.8, 4) is 0 Å². The van der Waals surface area contributed by atoms with E-state index in [1.54, 1.807) is 0 Å². The Labute approximate surface area is 126 Å². The van der Waals surface area contributed by atoms with Crippen molar-refractivity contribution in [2.45, 2.75) is 31.6 Å². The van der Waals surface area contributed by atoms with Crippen LogP contribution in [-0.2, 0) is 9.53 Å². The minimum atomic E-state index is -0.298. The van der Waals surface area contributed by atoms with E-state index in [0.29, 0.717) is 6.54 Å². The molecule has 2 rings (SSSR count). The van der Waals surface area contributed by atoms with E-state index in [2.05, 4.69) is 5.32 Å². The van der Waals surface area contributed by atoms with Crippen molar-refractivity contribution in [2.24, 2.45) is 5.41 Å². The second-order valence-corrected chi connectivity index (χ2v) is 5.98. The van der Waals surface area contributed by atoms with E-state index >= 15 is 0 Å². The molecule has 0 heterocycles. The molecule has 1 fully saturated rings. The van der Waals surface area contributed by atoms with Gasteiger partial charge < -0.3 is 15.2 Å². The lowest BCUT2D eigenvalue weighted by Gasteiger charge is -2.27. The molecular formula is C17H25NO3. The number of benzene rings is 1. The van der Waals surface area contributed by atoms with Crippen LogP contribution in [-0.4, -0.2) is 37.9 Å². The van der Waals surface area contributed by atoms with Crippen LogP contribution >= 0.6 is 0 Å². The monoisotopic (exact) mass is 291 g/mol. The summed E-state index contributed by atoms with van der Waals surface area (Å²) in [5.41, 5.74) is 0.957. The van der Waals surface area contributed by atoms with E-state index < -0.39 is 0 Å². The summed E-state index contributed by atoms with van der Waals surface area (Å²) >= 11 is 0. The molecule has 4 nitrogen and oxygen atoms in total. The Kier molecular flexibility index (Phi) is 5.76. The first kappa shape index (κ1) is 16.0. The Morgan fingerprint density at radius 1 is 1.33 bits per heavy atom. The predicted molar refractivity (Wildman–Crippen MR) is 82.1 cm³/mol. The van der Waals surface area contributed by atoms with Crippen molar-refractivity contribution in [1.29, 1.82) is 0 Å². The van der Waals surface area contributed by atoms with Crippen molar-refractivity contribution in [3.63, 3.8) is 0 Å². The normalized spacial score (nSPS) is 18.4. The van der Waals surface area contributed by atoms with Crippen molar-refractivity contribution in [1.82, 2.24) is 5.32 Å². The molecule has 1 aliphatic carbocycles. The van der Waals surface area contributed by atoms with Gasteiger partial charge in [-0.25, -0.2) is 0 Å². The van der Waals surface area contributed by atoms with Crippen LogP contribution in [0.1, 0.15) is 37.2 Å². The fourth-order valence-corrected chi connectivity index (χ4v) is 3.16. The molecule has 0 aromatic heterocycles. The zero-order valence-corrected chi connectivity index (χ0v) is 12.7. The zero-order chi connectivity index (χ0) is 15.1. The lowest BCUT2D eigenvalue weighted by atomic mass is 9.87. The molecule has 0 spiro atoms. The van der Waals surface area contributed by atoms with Crippen molar-refractivity contribution < 1.29 is 14.6 Å². The standard InChI is InChI=1S/C17H25NO3/c1-21-16(20)15(14-7-3-2-4-8-14)11-18-12-17(13-19)9-5-6-10-17/h2-4,7-8,15,18-19H,5-6,9-13H2,1H3. The Morgan fingerprint density at radius 3 is 2.57 bits per heavy atom.